The van der Waals surface area contributed by atoms with Gasteiger partial charge in [0.15, 0.2) is 17.4 Å². The van der Waals surface area contributed by atoms with Crippen LogP contribution in [0, 0.1) is 17.5 Å². The van der Waals surface area contributed by atoms with Gasteiger partial charge in [-0.3, -0.25) is 4.90 Å². The Balaban J connectivity index is 3.24. The number of halogens is 3. The van der Waals surface area contributed by atoms with Crippen LogP contribution in [0.3, 0.4) is 0 Å². The summed E-state index contributed by atoms with van der Waals surface area (Å²) in [5.41, 5.74) is 3.88. The van der Waals surface area contributed by atoms with Crippen LogP contribution in [0.5, 0.6) is 5.75 Å². The second-order valence-corrected chi connectivity index (χ2v) is 3.64. The summed E-state index contributed by atoms with van der Waals surface area (Å²) >= 11 is 0. The highest BCUT2D eigenvalue weighted by Crippen LogP contribution is 2.32. The maximum atomic E-state index is 13.6. The van der Waals surface area contributed by atoms with Gasteiger partial charge in [-0.15, -0.1) is 0 Å². The number of benzene rings is 1. The van der Waals surface area contributed by atoms with E-state index < -0.39 is 28.9 Å². The summed E-state index contributed by atoms with van der Waals surface area (Å²) in [6.07, 6.45) is 0. The summed E-state index contributed by atoms with van der Waals surface area (Å²) in [7, 11) is 0. The van der Waals surface area contributed by atoms with Crippen molar-refractivity contribution >= 4 is 5.69 Å². The Bertz CT molecular complexity index is 391. The lowest BCUT2D eigenvalue weighted by Gasteiger charge is -2.20. The number of hydrogen-bond acceptors (Lipinski definition) is 3. The zero-order valence-corrected chi connectivity index (χ0v) is 9.73. The molecule has 0 spiro atoms. The number of phenolic OH excluding ortho intramolecular Hbond substituents is 1. The van der Waals surface area contributed by atoms with Gasteiger partial charge in [0, 0.05) is 12.1 Å². The number of aromatic hydroxyl groups is 1. The number of nitrogens with two attached hydrogens (primary N) is 1. The number of nitrogen functional groups attached to an aromatic ring is 1. The van der Waals surface area contributed by atoms with Crippen molar-refractivity contribution in [2.24, 2.45) is 0 Å². The molecule has 0 heterocycles. The van der Waals surface area contributed by atoms with Crippen molar-refractivity contribution in [3.05, 3.63) is 23.0 Å². The third-order valence-electron chi connectivity index (χ3n) is 2.70. The third-order valence-corrected chi connectivity index (χ3v) is 2.70. The molecule has 1 aromatic carbocycles. The van der Waals surface area contributed by atoms with Crippen LogP contribution in [-0.4, -0.2) is 23.1 Å². The van der Waals surface area contributed by atoms with Crippen molar-refractivity contribution in [1.29, 1.82) is 0 Å². The number of anilines is 1. The summed E-state index contributed by atoms with van der Waals surface area (Å²) in [5.74, 6) is -5.18. The van der Waals surface area contributed by atoms with Gasteiger partial charge in [-0.25, -0.2) is 8.78 Å². The Morgan fingerprint density at radius 1 is 1.06 bits per heavy atom. The van der Waals surface area contributed by atoms with Crippen molar-refractivity contribution in [2.75, 3.05) is 18.8 Å². The van der Waals surface area contributed by atoms with Crippen LogP contribution >= 0.6 is 0 Å². The van der Waals surface area contributed by atoms with Gasteiger partial charge in [-0.2, -0.15) is 4.39 Å². The van der Waals surface area contributed by atoms with Gasteiger partial charge in [-0.05, 0) is 13.1 Å². The molecule has 17 heavy (non-hydrogen) atoms. The molecular weight excluding hydrogens is 233 g/mol. The van der Waals surface area contributed by atoms with Crippen LogP contribution in [-0.2, 0) is 6.54 Å². The van der Waals surface area contributed by atoms with E-state index >= 15 is 0 Å². The highest BCUT2D eigenvalue weighted by molar-refractivity contribution is 5.51. The van der Waals surface area contributed by atoms with E-state index in [2.05, 4.69) is 0 Å². The lowest BCUT2D eigenvalue weighted by molar-refractivity contribution is 0.281. The molecule has 0 aliphatic carbocycles. The van der Waals surface area contributed by atoms with Crippen LogP contribution in [0.4, 0.5) is 18.9 Å². The van der Waals surface area contributed by atoms with E-state index in [1.54, 1.807) is 4.90 Å². The van der Waals surface area contributed by atoms with Crippen molar-refractivity contribution in [3.8, 4) is 5.75 Å². The second-order valence-electron chi connectivity index (χ2n) is 3.64. The molecular formula is C11H15F3N2O. The third kappa shape index (κ3) is 2.46. The molecule has 0 bridgehead atoms. The minimum Gasteiger partial charge on any atom is -0.504 e. The van der Waals surface area contributed by atoms with Crippen LogP contribution in [0.15, 0.2) is 0 Å². The van der Waals surface area contributed by atoms with E-state index in [1.165, 1.54) is 0 Å². The maximum Gasteiger partial charge on any atom is 0.203 e. The average Bonchev–Trinajstić information content (AvgIpc) is 2.34. The van der Waals surface area contributed by atoms with E-state index in [4.69, 9.17) is 5.73 Å². The highest BCUT2D eigenvalue weighted by Gasteiger charge is 2.23. The number of hydrogen-bond donors (Lipinski definition) is 2. The topological polar surface area (TPSA) is 49.5 Å². The van der Waals surface area contributed by atoms with E-state index in [9.17, 15) is 18.3 Å². The Kier molecular flexibility index (Phi) is 4.22. The van der Waals surface area contributed by atoms with Crippen LogP contribution in [0.2, 0.25) is 0 Å². The molecule has 0 amide bonds. The quantitative estimate of drug-likeness (QED) is 0.488. The summed E-state index contributed by atoms with van der Waals surface area (Å²) in [6.45, 7) is 4.83. The molecule has 1 rings (SSSR count). The zero-order valence-electron chi connectivity index (χ0n) is 9.73. The predicted octanol–water partition coefficient (Wildman–Crippen LogP) is 2.23. The molecule has 0 unspecified atom stereocenters. The standard InChI is InChI=1S/C11H15F3N2O/c1-3-16(4-2)5-6-7(12)10(15)8(13)9(14)11(6)17/h17H,3-5,15H2,1-2H3. The number of phenols is 1. The fraction of sp³-hybridized carbons (Fsp3) is 0.455. The molecule has 96 valence electrons. The van der Waals surface area contributed by atoms with Gasteiger partial charge >= 0.3 is 0 Å². The Hall–Kier alpha value is -1.43. The molecule has 0 saturated heterocycles. The molecule has 0 aliphatic rings. The molecule has 0 fully saturated rings. The molecule has 1 aromatic rings. The first kappa shape index (κ1) is 13.6. The normalized spacial score (nSPS) is 11.2. The molecule has 3 N–H and O–H groups in total. The average molecular weight is 248 g/mol. The van der Waals surface area contributed by atoms with Crippen molar-refractivity contribution in [3.63, 3.8) is 0 Å². The molecule has 0 aliphatic heterocycles. The molecule has 0 aromatic heterocycles. The first-order chi connectivity index (χ1) is 7.93. The highest BCUT2D eigenvalue weighted by atomic mass is 19.2. The summed E-state index contributed by atoms with van der Waals surface area (Å²) < 4.78 is 39.8. The van der Waals surface area contributed by atoms with Crippen LogP contribution in [0.25, 0.3) is 0 Å². The van der Waals surface area contributed by atoms with E-state index in [0.29, 0.717) is 13.1 Å². The SMILES string of the molecule is CCN(CC)Cc1c(O)c(F)c(F)c(N)c1F. The molecule has 0 radical (unpaired) electrons. The van der Waals surface area contributed by atoms with Gasteiger partial charge in [0.2, 0.25) is 5.82 Å². The minimum absolute atomic E-state index is 0.0218. The van der Waals surface area contributed by atoms with Gasteiger partial charge in [0.05, 0.1) is 0 Å². The fourth-order valence-electron chi connectivity index (χ4n) is 1.53. The molecule has 0 saturated carbocycles. The zero-order chi connectivity index (χ0) is 13.2. The van der Waals surface area contributed by atoms with Gasteiger partial charge in [0.25, 0.3) is 0 Å². The fourth-order valence-corrected chi connectivity index (χ4v) is 1.53. The first-order valence-corrected chi connectivity index (χ1v) is 5.30. The van der Waals surface area contributed by atoms with Gasteiger partial charge in [-0.1, -0.05) is 13.8 Å². The number of rotatable bonds is 4. The van der Waals surface area contributed by atoms with Crippen molar-refractivity contribution < 1.29 is 18.3 Å². The van der Waals surface area contributed by atoms with Crippen molar-refractivity contribution in [2.45, 2.75) is 20.4 Å². The van der Waals surface area contributed by atoms with Gasteiger partial charge in [0.1, 0.15) is 5.69 Å². The summed E-state index contributed by atoms with van der Waals surface area (Å²) in [4.78, 5) is 1.74. The predicted molar refractivity (Wildman–Crippen MR) is 59.0 cm³/mol. The van der Waals surface area contributed by atoms with E-state index in [0.717, 1.165) is 0 Å². The van der Waals surface area contributed by atoms with Gasteiger partial charge < -0.3 is 10.8 Å². The maximum absolute atomic E-state index is 13.6. The Morgan fingerprint density at radius 2 is 1.59 bits per heavy atom. The Labute approximate surface area is 97.6 Å². The lowest BCUT2D eigenvalue weighted by Crippen LogP contribution is -2.23. The van der Waals surface area contributed by atoms with Crippen LogP contribution < -0.4 is 5.73 Å². The molecule has 6 heteroatoms. The minimum atomic E-state index is -1.55. The summed E-state index contributed by atoms with van der Waals surface area (Å²) in [6, 6.07) is 0. The Morgan fingerprint density at radius 3 is 2.06 bits per heavy atom. The monoisotopic (exact) mass is 248 g/mol. The van der Waals surface area contributed by atoms with E-state index in [-0.39, 0.29) is 12.1 Å². The second kappa shape index (κ2) is 5.27. The number of nitrogens with zero attached hydrogens (tertiary/aromatic N) is 1. The van der Waals surface area contributed by atoms with Crippen LogP contribution in [0.1, 0.15) is 19.4 Å². The molecule has 3 nitrogen and oxygen atoms in total. The summed E-state index contributed by atoms with van der Waals surface area (Å²) in [5, 5.41) is 9.39. The lowest BCUT2D eigenvalue weighted by atomic mass is 10.1. The van der Waals surface area contributed by atoms with E-state index in [1.807, 2.05) is 13.8 Å². The van der Waals surface area contributed by atoms with Crippen molar-refractivity contribution in [1.82, 2.24) is 4.90 Å². The smallest absolute Gasteiger partial charge is 0.203 e. The molecule has 0 atom stereocenters. The first-order valence-electron chi connectivity index (χ1n) is 5.30. The largest absolute Gasteiger partial charge is 0.504 e.